The number of halogens is 1. The van der Waals surface area contributed by atoms with Gasteiger partial charge >= 0.3 is 0 Å². The van der Waals surface area contributed by atoms with Crippen molar-refractivity contribution in [3.8, 4) is 11.3 Å². The lowest BCUT2D eigenvalue weighted by molar-refractivity contribution is 0.628. The molecule has 0 spiro atoms. The van der Waals surface area contributed by atoms with Crippen molar-refractivity contribution in [3.05, 3.63) is 59.7 Å². The smallest absolute Gasteiger partial charge is 0.140 e. The van der Waals surface area contributed by atoms with E-state index in [1.807, 2.05) is 42.6 Å². The molecule has 0 atom stereocenters. The van der Waals surface area contributed by atoms with Crippen molar-refractivity contribution in [1.82, 2.24) is 9.38 Å². The molecule has 2 aromatic heterocycles. The molecule has 0 amide bonds. The highest BCUT2D eigenvalue weighted by molar-refractivity contribution is 5.68. The molecule has 3 aromatic rings. The van der Waals surface area contributed by atoms with Crippen LogP contribution in [0.25, 0.3) is 16.9 Å². The van der Waals surface area contributed by atoms with Gasteiger partial charge in [0, 0.05) is 11.8 Å². The van der Waals surface area contributed by atoms with Crippen LogP contribution in [0.2, 0.25) is 0 Å². The number of hydrogen-bond acceptors (Lipinski definition) is 1. The summed E-state index contributed by atoms with van der Waals surface area (Å²) < 4.78 is 15.4. The molecule has 0 saturated heterocycles. The Bertz CT molecular complexity index is 728. The SMILES string of the molecule is Cc1nc2c(C)cccn2c1-c1cccc(F)c1. The van der Waals surface area contributed by atoms with Crippen LogP contribution in [0.1, 0.15) is 11.3 Å². The molecule has 0 aliphatic rings. The number of aryl methyl sites for hydroxylation is 2. The van der Waals surface area contributed by atoms with E-state index in [1.165, 1.54) is 6.07 Å². The first-order chi connectivity index (χ1) is 8.66. The van der Waals surface area contributed by atoms with Crippen molar-refractivity contribution in [2.24, 2.45) is 0 Å². The zero-order valence-corrected chi connectivity index (χ0v) is 10.3. The molecule has 0 radical (unpaired) electrons. The van der Waals surface area contributed by atoms with E-state index < -0.39 is 0 Å². The Morgan fingerprint density at radius 1 is 1.11 bits per heavy atom. The summed E-state index contributed by atoms with van der Waals surface area (Å²) in [5, 5.41) is 0. The number of imidazole rings is 1. The van der Waals surface area contributed by atoms with Gasteiger partial charge in [0.2, 0.25) is 0 Å². The average Bonchev–Trinajstić information content (AvgIpc) is 2.67. The fourth-order valence-corrected chi connectivity index (χ4v) is 2.30. The third-order valence-corrected chi connectivity index (χ3v) is 3.12. The summed E-state index contributed by atoms with van der Waals surface area (Å²) in [7, 11) is 0. The molecule has 0 aliphatic heterocycles. The zero-order valence-electron chi connectivity index (χ0n) is 10.3. The predicted octanol–water partition coefficient (Wildman–Crippen LogP) is 3.76. The Balaban J connectivity index is 2.36. The van der Waals surface area contributed by atoms with Gasteiger partial charge in [-0.3, -0.25) is 4.40 Å². The maximum Gasteiger partial charge on any atom is 0.140 e. The lowest BCUT2D eigenvalue weighted by Gasteiger charge is -2.04. The summed E-state index contributed by atoms with van der Waals surface area (Å²) in [6.07, 6.45) is 1.96. The predicted molar refractivity (Wildman–Crippen MR) is 70.1 cm³/mol. The topological polar surface area (TPSA) is 17.3 Å². The average molecular weight is 240 g/mol. The summed E-state index contributed by atoms with van der Waals surface area (Å²) >= 11 is 0. The van der Waals surface area contributed by atoms with Crippen molar-refractivity contribution in [2.45, 2.75) is 13.8 Å². The first-order valence-corrected chi connectivity index (χ1v) is 5.87. The molecule has 0 saturated carbocycles. The Hall–Kier alpha value is -2.16. The van der Waals surface area contributed by atoms with Crippen LogP contribution in [-0.4, -0.2) is 9.38 Å². The molecule has 3 heteroatoms. The first-order valence-electron chi connectivity index (χ1n) is 5.87. The molecule has 18 heavy (non-hydrogen) atoms. The molecule has 0 fully saturated rings. The summed E-state index contributed by atoms with van der Waals surface area (Å²) in [5.74, 6) is -0.227. The quantitative estimate of drug-likeness (QED) is 0.633. The second-order valence-electron chi connectivity index (χ2n) is 4.44. The van der Waals surface area contributed by atoms with Crippen LogP contribution in [0.3, 0.4) is 0 Å². The van der Waals surface area contributed by atoms with Crippen molar-refractivity contribution in [3.63, 3.8) is 0 Å². The second-order valence-corrected chi connectivity index (χ2v) is 4.44. The number of fused-ring (bicyclic) bond motifs is 1. The van der Waals surface area contributed by atoms with Gasteiger partial charge < -0.3 is 0 Å². The van der Waals surface area contributed by atoms with Crippen LogP contribution in [0, 0.1) is 19.7 Å². The van der Waals surface area contributed by atoms with E-state index >= 15 is 0 Å². The monoisotopic (exact) mass is 240 g/mol. The van der Waals surface area contributed by atoms with E-state index in [-0.39, 0.29) is 5.82 Å². The number of hydrogen-bond donors (Lipinski definition) is 0. The van der Waals surface area contributed by atoms with Gasteiger partial charge in [0.15, 0.2) is 0 Å². The number of pyridine rings is 1. The molecule has 2 nitrogen and oxygen atoms in total. The van der Waals surface area contributed by atoms with E-state index in [1.54, 1.807) is 12.1 Å². The van der Waals surface area contributed by atoms with Gasteiger partial charge in [-0.25, -0.2) is 9.37 Å². The minimum Gasteiger partial charge on any atom is -0.299 e. The molecule has 1 aromatic carbocycles. The molecule has 0 N–H and O–H groups in total. The Labute approximate surface area is 105 Å². The Morgan fingerprint density at radius 3 is 2.72 bits per heavy atom. The molecular formula is C15H13FN2. The van der Waals surface area contributed by atoms with Gasteiger partial charge in [-0.05, 0) is 37.6 Å². The standard InChI is InChI=1S/C15H13FN2/c1-10-5-4-8-18-14(11(2)17-15(10)18)12-6-3-7-13(16)9-12/h3-9H,1-2H3. The number of rotatable bonds is 1. The third-order valence-electron chi connectivity index (χ3n) is 3.12. The van der Waals surface area contributed by atoms with Crippen molar-refractivity contribution < 1.29 is 4.39 Å². The van der Waals surface area contributed by atoms with E-state index in [2.05, 4.69) is 4.98 Å². The Kier molecular flexibility index (Phi) is 2.40. The molecule has 90 valence electrons. The van der Waals surface area contributed by atoms with E-state index in [0.29, 0.717) is 0 Å². The molecule has 2 heterocycles. The third kappa shape index (κ3) is 1.59. The van der Waals surface area contributed by atoms with Gasteiger partial charge in [-0.2, -0.15) is 0 Å². The fraction of sp³-hybridized carbons (Fsp3) is 0.133. The number of aromatic nitrogens is 2. The summed E-state index contributed by atoms with van der Waals surface area (Å²) in [4.78, 5) is 4.56. The lowest BCUT2D eigenvalue weighted by atomic mass is 10.1. The van der Waals surface area contributed by atoms with Gasteiger partial charge in [0.25, 0.3) is 0 Å². The maximum atomic E-state index is 13.3. The van der Waals surface area contributed by atoms with Crippen molar-refractivity contribution in [2.75, 3.05) is 0 Å². The normalized spacial score (nSPS) is 11.1. The van der Waals surface area contributed by atoms with Gasteiger partial charge in [0.1, 0.15) is 11.5 Å². The largest absolute Gasteiger partial charge is 0.299 e. The van der Waals surface area contributed by atoms with Gasteiger partial charge in [0.05, 0.1) is 11.4 Å². The minimum atomic E-state index is -0.227. The molecule has 3 rings (SSSR count). The second kappa shape index (κ2) is 3.95. The molecule has 0 bridgehead atoms. The van der Waals surface area contributed by atoms with Crippen molar-refractivity contribution >= 4 is 5.65 Å². The van der Waals surface area contributed by atoms with Crippen LogP contribution in [-0.2, 0) is 0 Å². The number of nitrogens with zero attached hydrogens (tertiary/aromatic N) is 2. The van der Waals surface area contributed by atoms with Crippen LogP contribution in [0.4, 0.5) is 4.39 Å². The van der Waals surface area contributed by atoms with Crippen LogP contribution in [0.5, 0.6) is 0 Å². The molecule has 0 aliphatic carbocycles. The van der Waals surface area contributed by atoms with Gasteiger partial charge in [-0.1, -0.05) is 18.2 Å². The highest BCUT2D eigenvalue weighted by atomic mass is 19.1. The highest BCUT2D eigenvalue weighted by Gasteiger charge is 2.12. The van der Waals surface area contributed by atoms with Crippen LogP contribution >= 0.6 is 0 Å². The van der Waals surface area contributed by atoms with E-state index in [4.69, 9.17) is 0 Å². The summed E-state index contributed by atoms with van der Waals surface area (Å²) in [6.45, 7) is 3.98. The zero-order chi connectivity index (χ0) is 12.7. The molecule has 0 unspecified atom stereocenters. The highest BCUT2D eigenvalue weighted by Crippen LogP contribution is 2.26. The Morgan fingerprint density at radius 2 is 1.94 bits per heavy atom. The van der Waals surface area contributed by atoms with Gasteiger partial charge in [-0.15, -0.1) is 0 Å². The van der Waals surface area contributed by atoms with Crippen LogP contribution in [0.15, 0.2) is 42.6 Å². The lowest BCUT2D eigenvalue weighted by Crippen LogP contribution is -1.90. The fourth-order valence-electron chi connectivity index (χ4n) is 2.30. The van der Waals surface area contributed by atoms with Crippen molar-refractivity contribution in [1.29, 1.82) is 0 Å². The van der Waals surface area contributed by atoms with E-state index in [9.17, 15) is 4.39 Å². The van der Waals surface area contributed by atoms with Crippen LogP contribution < -0.4 is 0 Å². The summed E-state index contributed by atoms with van der Waals surface area (Å²) in [5.41, 5.74) is 4.76. The van der Waals surface area contributed by atoms with E-state index in [0.717, 1.165) is 28.2 Å². The maximum absolute atomic E-state index is 13.3. The molecular weight excluding hydrogens is 227 g/mol. The summed E-state index contributed by atoms with van der Waals surface area (Å²) in [6, 6.07) is 10.6. The number of benzene rings is 1. The minimum absolute atomic E-state index is 0.227. The first kappa shape index (κ1) is 11.0.